The highest BCUT2D eigenvalue weighted by molar-refractivity contribution is 9.10. The van der Waals surface area contributed by atoms with E-state index in [0.717, 1.165) is 45.6 Å². The van der Waals surface area contributed by atoms with Crippen molar-refractivity contribution in [3.8, 4) is 11.3 Å². The van der Waals surface area contributed by atoms with Gasteiger partial charge in [-0.15, -0.1) is 0 Å². The molecule has 0 unspecified atom stereocenters. The first-order chi connectivity index (χ1) is 14.7. The maximum Gasteiger partial charge on any atom is 0.241 e. The number of anilines is 2. The number of fused-ring (bicyclic) bond motifs is 3. The highest BCUT2D eigenvalue weighted by atomic mass is 79.9. The van der Waals surface area contributed by atoms with Gasteiger partial charge in [0.15, 0.2) is 0 Å². The van der Waals surface area contributed by atoms with E-state index >= 15 is 0 Å². The number of benzene rings is 2. The lowest BCUT2D eigenvalue weighted by Crippen LogP contribution is -2.31. The molecule has 2 N–H and O–H groups in total. The fourth-order valence-corrected chi connectivity index (χ4v) is 3.97. The molecule has 3 aromatic rings. The molecule has 1 aliphatic rings. The van der Waals surface area contributed by atoms with E-state index in [1.807, 2.05) is 37.3 Å². The molecule has 0 saturated carbocycles. The molecule has 2 aromatic carbocycles. The second-order valence-electron chi connectivity index (χ2n) is 7.17. The molecule has 1 aliphatic carbocycles. The van der Waals surface area contributed by atoms with Crippen LogP contribution in [0.15, 0.2) is 53.0 Å². The lowest BCUT2D eigenvalue weighted by Gasteiger charge is -2.16. The van der Waals surface area contributed by atoms with E-state index in [4.69, 9.17) is 9.84 Å². The number of nitrogens with one attached hydrogen (secondary N) is 2. The predicted octanol–water partition coefficient (Wildman–Crippen LogP) is 4.31. The normalized spacial score (nSPS) is 12.2. The van der Waals surface area contributed by atoms with E-state index in [9.17, 15) is 4.79 Å². The Bertz CT molecular complexity index is 1030. The molecule has 6 nitrogen and oxygen atoms in total. The zero-order valence-corrected chi connectivity index (χ0v) is 18.5. The molecule has 30 heavy (non-hydrogen) atoms. The van der Waals surface area contributed by atoms with Crippen molar-refractivity contribution in [3.05, 3.63) is 64.1 Å². The number of carbonyl (C=O) groups excluding carboxylic acids is 1. The van der Waals surface area contributed by atoms with Gasteiger partial charge >= 0.3 is 0 Å². The van der Waals surface area contributed by atoms with Gasteiger partial charge in [-0.2, -0.15) is 5.10 Å². The Morgan fingerprint density at radius 3 is 2.77 bits per heavy atom. The molecule has 4 rings (SSSR count). The average molecular weight is 469 g/mol. The summed E-state index contributed by atoms with van der Waals surface area (Å²) in [5.41, 5.74) is 5.51. The van der Waals surface area contributed by atoms with Crippen molar-refractivity contribution in [1.82, 2.24) is 15.1 Å². The molecule has 0 bridgehead atoms. The summed E-state index contributed by atoms with van der Waals surface area (Å²) in [6, 6.07) is 16.4. The average Bonchev–Trinajstić information content (AvgIpc) is 3.10. The standard InChI is InChI=1S/C23H25BrN4O2/c1-2-30-14-13-25-21(29)15-28-23(26-18-10-8-17(24)9-11-18)20-12-7-16-5-3-4-6-19(16)22(20)27-28/h3-6,8-11,26H,2,7,12-15H2,1H3,(H,25,29). The van der Waals surface area contributed by atoms with Gasteiger partial charge in [-0.05, 0) is 49.6 Å². The second-order valence-corrected chi connectivity index (χ2v) is 8.09. The van der Waals surface area contributed by atoms with Crippen molar-refractivity contribution >= 4 is 33.3 Å². The van der Waals surface area contributed by atoms with Gasteiger partial charge in [0.25, 0.3) is 0 Å². The summed E-state index contributed by atoms with van der Waals surface area (Å²) in [4.78, 5) is 12.5. The summed E-state index contributed by atoms with van der Waals surface area (Å²) in [6.45, 7) is 3.73. The fraction of sp³-hybridized carbons (Fsp3) is 0.304. The number of rotatable bonds is 8. The van der Waals surface area contributed by atoms with Crippen LogP contribution in [0.3, 0.4) is 0 Å². The molecule has 1 aromatic heterocycles. The number of ether oxygens (including phenoxy) is 1. The van der Waals surface area contributed by atoms with E-state index < -0.39 is 0 Å². The van der Waals surface area contributed by atoms with Crippen molar-refractivity contribution in [1.29, 1.82) is 0 Å². The van der Waals surface area contributed by atoms with Gasteiger partial charge in [0.2, 0.25) is 5.91 Å². The number of amides is 1. The van der Waals surface area contributed by atoms with Gasteiger partial charge in [-0.3, -0.25) is 4.79 Å². The Kier molecular flexibility index (Phi) is 6.50. The number of hydrogen-bond acceptors (Lipinski definition) is 4. The number of carbonyl (C=O) groups is 1. The molecule has 0 saturated heterocycles. The van der Waals surface area contributed by atoms with Crippen LogP contribution < -0.4 is 10.6 Å². The third-order valence-corrected chi connectivity index (χ3v) is 5.67. The summed E-state index contributed by atoms with van der Waals surface area (Å²) in [5, 5.41) is 11.2. The van der Waals surface area contributed by atoms with Gasteiger partial charge in [0, 0.05) is 34.4 Å². The van der Waals surface area contributed by atoms with Crippen LogP contribution in [0.5, 0.6) is 0 Å². The smallest absolute Gasteiger partial charge is 0.241 e. The third kappa shape index (κ3) is 4.57. The second kappa shape index (κ2) is 9.45. The number of hydrogen-bond donors (Lipinski definition) is 2. The molecular formula is C23H25BrN4O2. The molecule has 0 atom stereocenters. The number of halogens is 1. The van der Waals surface area contributed by atoms with Crippen molar-refractivity contribution < 1.29 is 9.53 Å². The molecular weight excluding hydrogens is 444 g/mol. The topological polar surface area (TPSA) is 68.2 Å². The molecule has 156 valence electrons. The van der Waals surface area contributed by atoms with E-state index in [2.05, 4.69) is 44.8 Å². The van der Waals surface area contributed by atoms with Crippen LogP contribution in [0.1, 0.15) is 18.1 Å². The van der Waals surface area contributed by atoms with Crippen LogP contribution in [0.4, 0.5) is 11.5 Å². The predicted molar refractivity (Wildman–Crippen MR) is 122 cm³/mol. The lowest BCUT2D eigenvalue weighted by molar-refractivity contribution is -0.122. The van der Waals surface area contributed by atoms with Crippen LogP contribution >= 0.6 is 15.9 Å². The van der Waals surface area contributed by atoms with Gasteiger partial charge in [-0.1, -0.05) is 40.2 Å². The van der Waals surface area contributed by atoms with E-state index in [-0.39, 0.29) is 12.5 Å². The van der Waals surface area contributed by atoms with Crippen molar-refractivity contribution in [2.24, 2.45) is 0 Å². The minimum atomic E-state index is -0.0818. The van der Waals surface area contributed by atoms with Crippen LogP contribution in [-0.2, 0) is 28.9 Å². The van der Waals surface area contributed by atoms with Crippen molar-refractivity contribution in [3.63, 3.8) is 0 Å². The molecule has 7 heteroatoms. The summed E-state index contributed by atoms with van der Waals surface area (Å²) in [6.07, 6.45) is 1.85. The maximum atomic E-state index is 12.5. The first-order valence-electron chi connectivity index (χ1n) is 10.2. The molecule has 0 aliphatic heterocycles. The van der Waals surface area contributed by atoms with E-state index in [1.54, 1.807) is 4.68 Å². The Hall–Kier alpha value is -2.64. The van der Waals surface area contributed by atoms with Gasteiger partial charge in [-0.25, -0.2) is 4.68 Å². The summed E-state index contributed by atoms with van der Waals surface area (Å²) in [7, 11) is 0. The van der Waals surface area contributed by atoms with Gasteiger partial charge < -0.3 is 15.4 Å². The largest absolute Gasteiger partial charge is 0.380 e. The summed E-state index contributed by atoms with van der Waals surface area (Å²) in [5.74, 6) is 0.795. The number of aromatic nitrogens is 2. The highest BCUT2D eigenvalue weighted by Gasteiger charge is 2.25. The van der Waals surface area contributed by atoms with Crippen LogP contribution in [-0.4, -0.2) is 35.4 Å². The molecule has 0 fully saturated rings. The minimum absolute atomic E-state index is 0.0818. The fourth-order valence-electron chi connectivity index (χ4n) is 3.70. The third-order valence-electron chi connectivity index (χ3n) is 5.14. The van der Waals surface area contributed by atoms with Crippen molar-refractivity contribution in [2.75, 3.05) is 25.1 Å². The quantitative estimate of drug-likeness (QED) is 0.483. The van der Waals surface area contributed by atoms with E-state index in [1.165, 1.54) is 5.56 Å². The summed E-state index contributed by atoms with van der Waals surface area (Å²) < 4.78 is 8.10. The Balaban J connectivity index is 1.63. The van der Waals surface area contributed by atoms with E-state index in [0.29, 0.717) is 19.8 Å². The first kappa shape index (κ1) is 20.6. The molecule has 1 amide bonds. The monoisotopic (exact) mass is 468 g/mol. The lowest BCUT2D eigenvalue weighted by atomic mass is 9.90. The zero-order chi connectivity index (χ0) is 20.9. The van der Waals surface area contributed by atoms with Crippen LogP contribution in [0, 0.1) is 0 Å². The SMILES string of the molecule is CCOCCNC(=O)Cn1nc2c(c1Nc1ccc(Br)cc1)CCc1ccccc1-2. The van der Waals surface area contributed by atoms with Gasteiger partial charge in [0.05, 0.1) is 12.3 Å². The Morgan fingerprint density at radius 2 is 1.97 bits per heavy atom. The Morgan fingerprint density at radius 1 is 1.17 bits per heavy atom. The summed E-state index contributed by atoms with van der Waals surface area (Å²) >= 11 is 3.48. The molecule has 1 heterocycles. The van der Waals surface area contributed by atoms with Crippen LogP contribution in [0.2, 0.25) is 0 Å². The number of nitrogens with zero attached hydrogens (tertiary/aromatic N) is 2. The molecule has 0 spiro atoms. The number of aryl methyl sites for hydroxylation is 1. The highest BCUT2D eigenvalue weighted by Crippen LogP contribution is 2.37. The molecule has 0 radical (unpaired) electrons. The maximum absolute atomic E-state index is 12.5. The minimum Gasteiger partial charge on any atom is -0.380 e. The first-order valence-corrected chi connectivity index (χ1v) is 11.0. The van der Waals surface area contributed by atoms with Gasteiger partial charge in [0.1, 0.15) is 12.4 Å². The zero-order valence-electron chi connectivity index (χ0n) is 17.0. The Labute approximate surface area is 184 Å². The van der Waals surface area contributed by atoms with Crippen molar-refractivity contribution in [2.45, 2.75) is 26.3 Å². The van der Waals surface area contributed by atoms with Crippen LogP contribution in [0.25, 0.3) is 11.3 Å².